The van der Waals surface area contributed by atoms with E-state index < -0.39 is 12.0 Å². The summed E-state index contributed by atoms with van der Waals surface area (Å²) in [6, 6.07) is 3.61. The van der Waals surface area contributed by atoms with E-state index in [1.165, 1.54) is 12.1 Å². The maximum Gasteiger partial charge on any atom is 0.320 e. The van der Waals surface area contributed by atoms with Crippen LogP contribution in [0.2, 0.25) is 0 Å². The molecule has 0 aromatic heterocycles. The number of carbonyl (C=O) groups is 1. The van der Waals surface area contributed by atoms with E-state index in [-0.39, 0.29) is 24.0 Å². The van der Waals surface area contributed by atoms with Gasteiger partial charge in [0.2, 0.25) is 0 Å². The van der Waals surface area contributed by atoms with Crippen LogP contribution in [-0.4, -0.2) is 27.3 Å². The van der Waals surface area contributed by atoms with Crippen molar-refractivity contribution < 1.29 is 20.1 Å². The smallest absolute Gasteiger partial charge is 0.320 e. The standard InChI is InChI=1S/C13H19NO4/c1-8(2)5-11(13(17)18)14-7-9-3-4-10(15)6-12(9)16/h3-4,6,8,11,14-16H,5,7H2,1-2H3,(H,17,18). The van der Waals surface area contributed by atoms with Gasteiger partial charge >= 0.3 is 5.97 Å². The van der Waals surface area contributed by atoms with Crippen molar-refractivity contribution in [1.29, 1.82) is 0 Å². The molecule has 0 aliphatic rings. The first-order chi connectivity index (χ1) is 8.40. The molecule has 5 heteroatoms. The Kier molecular flexibility index (Phi) is 4.97. The summed E-state index contributed by atoms with van der Waals surface area (Å²) in [4.78, 5) is 11.0. The number of hydrogen-bond donors (Lipinski definition) is 4. The van der Waals surface area contributed by atoms with Crippen molar-refractivity contribution >= 4 is 5.97 Å². The molecule has 1 rings (SSSR count). The van der Waals surface area contributed by atoms with E-state index >= 15 is 0 Å². The molecule has 0 bridgehead atoms. The first-order valence-corrected chi connectivity index (χ1v) is 5.87. The predicted molar refractivity (Wildman–Crippen MR) is 67.5 cm³/mol. The van der Waals surface area contributed by atoms with Crippen molar-refractivity contribution in [3.8, 4) is 11.5 Å². The van der Waals surface area contributed by atoms with Crippen molar-refractivity contribution in [3.05, 3.63) is 23.8 Å². The molecule has 1 atom stereocenters. The third-order valence-corrected chi connectivity index (χ3v) is 2.61. The molecular weight excluding hydrogens is 234 g/mol. The van der Waals surface area contributed by atoms with E-state index in [0.717, 1.165) is 0 Å². The van der Waals surface area contributed by atoms with Crippen LogP contribution in [-0.2, 0) is 11.3 Å². The van der Waals surface area contributed by atoms with Crippen LogP contribution in [0.5, 0.6) is 11.5 Å². The zero-order chi connectivity index (χ0) is 13.7. The number of carboxylic acids is 1. The summed E-state index contributed by atoms with van der Waals surface area (Å²) >= 11 is 0. The van der Waals surface area contributed by atoms with E-state index in [1.807, 2.05) is 13.8 Å². The summed E-state index contributed by atoms with van der Waals surface area (Å²) < 4.78 is 0. The number of hydrogen-bond acceptors (Lipinski definition) is 4. The van der Waals surface area contributed by atoms with Crippen LogP contribution in [0.25, 0.3) is 0 Å². The quantitative estimate of drug-likeness (QED) is 0.619. The average Bonchev–Trinajstić information content (AvgIpc) is 2.25. The van der Waals surface area contributed by atoms with Crippen LogP contribution >= 0.6 is 0 Å². The number of aromatic hydroxyl groups is 2. The molecule has 0 aliphatic carbocycles. The minimum Gasteiger partial charge on any atom is -0.508 e. The molecule has 0 radical (unpaired) electrons. The van der Waals surface area contributed by atoms with Gasteiger partial charge in [-0.05, 0) is 18.4 Å². The highest BCUT2D eigenvalue weighted by Gasteiger charge is 2.18. The third-order valence-electron chi connectivity index (χ3n) is 2.61. The van der Waals surface area contributed by atoms with Crippen LogP contribution in [0, 0.1) is 5.92 Å². The van der Waals surface area contributed by atoms with E-state index in [9.17, 15) is 9.90 Å². The topological polar surface area (TPSA) is 89.8 Å². The Balaban J connectivity index is 2.64. The second kappa shape index (κ2) is 6.26. The number of phenolic OH excluding ortho intramolecular Hbond substituents is 2. The normalized spacial score (nSPS) is 12.6. The fourth-order valence-electron chi connectivity index (χ4n) is 1.68. The Morgan fingerprint density at radius 2 is 2.00 bits per heavy atom. The fraction of sp³-hybridized carbons (Fsp3) is 0.462. The van der Waals surface area contributed by atoms with Crippen molar-refractivity contribution in [3.63, 3.8) is 0 Å². The number of carboxylic acid groups (broad SMARTS) is 1. The van der Waals surface area contributed by atoms with Crippen molar-refractivity contribution in [1.82, 2.24) is 5.32 Å². The van der Waals surface area contributed by atoms with Gasteiger partial charge in [0.1, 0.15) is 17.5 Å². The van der Waals surface area contributed by atoms with E-state index in [4.69, 9.17) is 10.2 Å². The molecule has 0 fully saturated rings. The van der Waals surface area contributed by atoms with Gasteiger partial charge < -0.3 is 20.6 Å². The molecule has 0 amide bonds. The second-order valence-electron chi connectivity index (χ2n) is 4.71. The molecule has 100 valence electrons. The monoisotopic (exact) mass is 253 g/mol. The lowest BCUT2D eigenvalue weighted by atomic mass is 10.0. The first kappa shape index (κ1) is 14.3. The lowest BCUT2D eigenvalue weighted by Crippen LogP contribution is -2.37. The van der Waals surface area contributed by atoms with Gasteiger partial charge in [-0.15, -0.1) is 0 Å². The molecule has 4 N–H and O–H groups in total. The first-order valence-electron chi connectivity index (χ1n) is 5.87. The Hall–Kier alpha value is -1.75. The predicted octanol–water partition coefficient (Wildman–Crippen LogP) is 1.69. The van der Waals surface area contributed by atoms with E-state index in [2.05, 4.69) is 5.32 Å². The molecule has 0 heterocycles. The molecule has 18 heavy (non-hydrogen) atoms. The van der Waals surface area contributed by atoms with Gasteiger partial charge in [-0.1, -0.05) is 19.9 Å². The number of rotatable bonds is 6. The van der Waals surface area contributed by atoms with Crippen LogP contribution < -0.4 is 5.32 Å². The number of phenols is 2. The molecular formula is C13H19NO4. The van der Waals surface area contributed by atoms with Gasteiger partial charge in [-0.3, -0.25) is 4.79 Å². The zero-order valence-electron chi connectivity index (χ0n) is 10.6. The van der Waals surface area contributed by atoms with Crippen LogP contribution in [0.3, 0.4) is 0 Å². The average molecular weight is 253 g/mol. The minimum absolute atomic E-state index is 0.0202. The highest BCUT2D eigenvalue weighted by atomic mass is 16.4. The van der Waals surface area contributed by atoms with Crippen LogP contribution in [0.4, 0.5) is 0 Å². The van der Waals surface area contributed by atoms with Gasteiger partial charge in [0, 0.05) is 18.2 Å². The highest BCUT2D eigenvalue weighted by Crippen LogP contribution is 2.22. The Morgan fingerprint density at radius 1 is 1.33 bits per heavy atom. The maximum absolute atomic E-state index is 11.0. The van der Waals surface area contributed by atoms with Gasteiger partial charge in [-0.2, -0.15) is 0 Å². The van der Waals surface area contributed by atoms with Gasteiger partial charge in [0.25, 0.3) is 0 Å². The fourth-order valence-corrected chi connectivity index (χ4v) is 1.68. The number of nitrogens with one attached hydrogen (secondary N) is 1. The van der Waals surface area contributed by atoms with E-state index in [1.54, 1.807) is 6.07 Å². The van der Waals surface area contributed by atoms with Crippen LogP contribution in [0.15, 0.2) is 18.2 Å². The second-order valence-corrected chi connectivity index (χ2v) is 4.71. The summed E-state index contributed by atoms with van der Waals surface area (Å²) in [7, 11) is 0. The summed E-state index contributed by atoms with van der Waals surface area (Å²) in [6.07, 6.45) is 0.522. The summed E-state index contributed by atoms with van der Waals surface area (Å²) in [5, 5.41) is 30.7. The maximum atomic E-state index is 11.0. The van der Waals surface area contributed by atoms with Crippen LogP contribution in [0.1, 0.15) is 25.8 Å². The molecule has 0 spiro atoms. The minimum atomic E-state index is -0.901. The molecule has 1 unspecified atom stereocenters. The lowest BCUT2D eigenvalue weighted by Gasteiger charge is -2.16. The Morgan fingerprint density at radius 3 is 2.50 bits per heavy atom. The molecule has 0 saturated heterocycles. The largest absolute Gasteiger partial charge is 0.508 e. The Labute approximate surface area is 106 Å². The molecule has 1 aromatic carbocycles. The number of benzene rings is 1. The van der Waals surface area contributed by atoms with Gasteiger partial charge in [0.15, 0.2) is 0 Å². The van der Waals surface area contributed by atoms with E-state index in [0.29, 0.717) is 12.0 Å². The SMILES string of the molecule is CC(C)CC(NCc1ccc(O)cc1O)C(=O)O. The molecule has 5 nitrogen and oxygen atoms in total. The molecule has 0 saturated carbocycles. The van der Waals surface area contributed by atoms with Crippen molar-refractivity contribution in [2.75, 3.05) is 0 Å². The summed E-state index contributed by atoms with van der Waals surface area (Å²) in [5.74, 6) is -0.696. The summed E-state index contributed by atoms with van der Waals surface area (Å²) in [6.45, 7) is 4.15. The zero-order valence-corrected chi connectivity index (χ0v) is 10.6. The van der Waals surface area contributed by atoms with Crippen molar-refractivity contribution in [2.24, 2.45) is 5.92 Å². The summed E-state index contributed by atoms with van der Waals surface area (Å²) in [5.41, 5.74) is 0.558. The Bertz CT molecular complexity index is 417. The highest BCUT2D eigenvalue weighted by molar-refractivity contribution is 5.73. The van der Waals surface area contributed by atoms with Gasteiger partial charge in [0.05, 0.1) is 0 Å². The molecule has 0 aliphatic heterocycles. The number of aliphatic carboxylic acids is 1. The van der Waals surface area contributed by atoms with Gasteiger partial charge in [-0.25, -0.2) is 0 Å². The molecule has 1 aromatic rings. The van der Waals surface area contributed by atoms with Crippen molar-refractivity contribution in [2.45, 2.75) is 32.9 Å². The third kappa shape index (κ3) is 4.25. The lowest BCUT2D eigenvalue weighted by molar-refractivity contribution is -0.140.